The summed E-state index contributed by atoms with van der Waals surface area (Å²) < 4.78 is 4.85. The average Bonchev–Trinajstić information content (AvgIpc) is 2.67. The molecule has 0 fully saturated rings. The zero-order chi connectivity index (χ0) is 9.97. The van der Waals surface area contributed by atoms with Gasteiger partial charge in [-0.15, -0.1) is 0 Å². The molecule has 0 saturated heterocycles. The van der Waals surface area contributed by atoms with Crippen LogP contribution < -0.4 is 0 Å². The number of rotatable bonds is 2. The minimum absolute atomic E-state index is 0.349. The van der Waals surface area contributed by atoms with Gasteiger partial charge in [0.15, 0.2) is 0 Å². The zero-order valence-corrected chi connectivity index (χ0v) is 7.90. The highest BCUT2D eigenvalue weighted by Crippen LogP contribution is 2.22. The van der Waals surface area contributed by atoms with Crippen LogP contribution in [-0.2, 0) is 0 Å². The predicted molar refractivity (Wildman–Crippen MR) is 52.6 cm³/mol. The zero-order valence-electron chi connectivity index (χ0n) is 7.14. The number of hydrogen-bond donors (Lipinski definition) is 0. The Morgan fingerprint density at radius 2 is 2.36 bits per heavy atom. The van der Waals surface area contributed by atoms with E-state index >= 15 is 0 Å². The Hall–Kier alpha value is -1.68. The second kappa shape index (κ2) is 3.59. The van der Waals surface area contributed by atoms with Gasteiger partial charge in [0.2, 0.25) is 11.7 Å². The molecule has 0 saturated carbocycles. The minimum Gasteiger partial charge on any atom is -0.334 e. The first-order valence-electron chi connectivity index (χ1n) is 3.88. The van der Waals surface area contributed by atoms with E-state index in [0.29, 0.717) is 22.4 Å². The number of pyridine rings is 1. The van der Waals surface area contributed by atoms with Gasteiger partial charge in [-0.3, -0.25) is 4.98 Å². The lowest BCUT2D eigenvalue weighted by molar-refractivity contribution is 0.411. The third kappa shape index (κ3) is 1.52. The maximum absolute atomic E-state index is 5.90. The number of aromatic nitrogens is 3. The molecule has 2 aromatic rings. The summed E-state index contributed by atoms with van der Waals surface area (Å²) in [6.45, 7) is 3.51. The molecule has 0 aromatic carbocycles. The molecule has 4 nitrogen and oxygen atoms in total. The van der Waals surface area contributed by atoms with Crippen LogP contribution in [0.3, 0.4) is 0 Å². The SMILES string of the molecule is C=Cc1nc(-c2ncccc2Cl)no1. The third-order valence-electron chi connectivity index (χ3n) is 1.59. The molecule has 0 unspecified atom stereocenters. The molecule has 0 spiro atoms. The molecule has 70 valence electrons. The molecule has 5 heteroatoms. The van der Waals surface area contributed by atoms with E-state index in [2.05, 4.69) is 21.7 Å². The number of nitrogens with zero attached hydrogens (tertiary/aromatic N) is 3. The first-order chi connectivity index (χ1) is 6.81. The van der Waals surface area contributed by atoms with Crippen LogP contribution in [0.25, 0.3) is 17.6 Å². The Morgan fingerprint density at radius 3 is 3.00 bits per heavy atom. The van der Waals surface area contributed by atoms with Crippen LogP contribution in [0.5, 0.6) is 0 Å². The fraction of sp³-hybridized carbons (Fsp3) is 0. The lowest BCUT2D eigenvalue weighted by atomic mass is 10.3. The standard InChI is InChI=1S/C9H6ClN3O/c1-2-7-12-9(13-14-7)8-6(10)4-3-5-11-8/h2-5H,1H2. The van der Waals surface area contributed by atoms with E-state index in [9.17, 15) is 0 Å². The summed E-state index contributed by atoms with van der Waals surface area (Å²) in [5.41, 5.74) is 0.506. The van der Waals surface area contributed by atoms with Crippen LogP contribution >= 0.6 is 11.6 Å². The molecule has 2 heterocycles. The van der Waals surface area contributed by atoms with Crippen molar-refractivity contribution in [2.45, 2.75) is 0 Å². The molecule has 2 rings (SSSR count). The summed E-state index contributed by atoms with van der Waals surface area (Å²) in [6, 6.07) is 3.45. The first-order valence-corrected chi connectivity index (χ1v) is 4.26. The van der Waals surface area contributed by atoms with Gasteiger partial charge in [0.05, 0.1) is 5.02 Å². The molecule has 0 radical (unpaired) electrons. The summed E-state index contributed by atoms with van der Waals surface area (Å²) in [4.78, 5) is 8.06. The highest BCUT2D eigenvalue weighted by Gasteiger charge is 2.10. The van der Waals surface area contributed by atoms with Crippen LogP contribution in [-0.4, -0.2) is 15.1 Å². The second-order valence-corrected chi connectivity index (χ2v) is 2.90. The number of halogens is 1. The molecule has 0 amide bonds. The fourth-order valence-corrected chi connectivity index (χ4v) is 1.17. The van der Waals surface area contributed by atoms with Crippen molar-refractivity contribution in [3.63, 3.8) is 0 Å². The van der Waals surface area contributed by atoms with E-state index in [1.807, 2.05) is 0 Å². The van der Waals surface area contributed by atoms with E-state index in [1.54, 1.807) is 18.3 Å². The monoisotopic (exact) mass is 207 g/mol. The molecular formula is C9H6ClN3O. The molecule has 0 aliphatic heterocycles. The summed E-state index contributed by atoms with van der Waals surface area (Å²) in [7, 11) is 0. The van der Waals surface area contributed by atoms with Gasteiger partial charge in [-0.1, -0.05) is 23.3 Å². The van der Waals surface area contributed by atoms with Crippen LogP contribution in [0.15, 0.2) is 29.4 Å². The van der Waals surface area contributed by atoms with Crippen molar-refractivity contribution in [2.75, 3.05) is 0 Å². The Balaban J connectivity index is 2.49. The number of hydrogen-bond acceptors (Lipinski definition) is 4. The summed E-state index contributed by atoms with van der Waals surface area (Å²) in [6.07, 6.45) is 3.08. The third-order valence-corrected chi connectivity index (χ3v) is 1.89. The van der Waals surface area contributed by atoms with Crippen molar-refractivity contribution in [1.29, 1.82) is 0 Å². The van der Waals surface area contributed by atoms with Crippen LogP contribution in [0.2, 0.25) is 5.02 Å². The lowest BCUT2D eigenvalue weighted by Crippen LogP contribution is -1.86. The van der Waals surface area contributed by atoms with Crippen molar-refractivity contribution >= 4 is 17.7 Å². The van der Waals surface area contributed by atoms with Gasteiger partial charge in [0, 0.05) is 6.20 Å². The maximum Gasteiger partial charge on any atom is 0.250 e. The largest absolute Gasteiger partial charge is 0.334 e. The van der Waals surface area contributed by atoms with Gasteiger partial charge < -0.3 is 4.52 Å². The molecule has 0 atom stereocenters. The van der Waals surface area contributed by atoms with Crippen molar-refractivity contribution in [1.82, 2.24) is 15.1 Å². The summed E-state index contributed by atoms with van der Waals surface area (Å²) >= 11 is 5.90. The van der Waals surface area contributed by atoms with E-state index in [4.69, 9.17) is 16.1 Å². The molecule has 0 aliphatic rings. The molecule has 2 aromatic heterocycles. The lowest BCUT2D eigenvalue weighted by Gasteiger charge is -1.94. The fourth-order valence-electron chi connectivity index (χ4n) is 0.965. The maximum atomic E-state index is 5.90. The molecule has 0 bridgehead atoms. The van der Waals surface area contributed by atoms with Crippen molar-refractivity contribution in [2.24, 2.45) is 0 Å². The van der Waals surface area contributed by atoms with Crippen LogP contribution in [0.1, 0.15) is 5.89 Å². The van der Waals surface area contributed by atoms with Gasteiger partial charge in [-0.05, 0) is 18.2 Å². The second-order valence-electron chi connectivity index (χ2n) is 2.49. The van der Waals surface area contributed by atoms with Crippen molar-refractivity contribution in [3.05, 3.63) is 35.8 Å². The van der Waals surface area contributed by atoms with E-state index in [0.717, 1.165) is 0 Å². The molecule has 0 aliphatic carbocycles. The Bertz CT molecular complexity index is 467. The normalized spacial score (nSPS) is 10.1. The molecule has 0 N–H and O–H groups in total. The summed E-state index contributed by atoms with van der Waals surface area (Å²) in [5, 5.41) is 4.20. The Labute approximate surface area is 85.2 Å². The molecule has 14 heavy (non-hydrogen) atoms. The van der Waals surface area contributed by atoms with E-state index in [1.165, 1.54) is 6.08 Å². The summed E-state index contributed by atoms with van der Waals surface area (Å²) in [5.74, 6) is 0.715. The minimum atomic E-state index is 0.349. The van der Waals surface area contributed by atoms with Crippen molar-refractivity contribution in [3.8, 4) is 11.5 Å². The van der Waals surface area contributed by atoms with Gasteiger partial charge in [0.25, 0.3) is 0 Å². The van der Waals surface area contributed by atoms with E-state index < -0.39 is 0 Å². The first kappa shape index (κ1) is 8.90. The quantitative estimate of drug-likeness (QED) is 0.759. The van der Waals surface area contributed by atoms with Gasteiger partial charge in [-0.2, -0.15) is 4.98 Å². The topological polar surface area (TPSA) is 51.8 Å². The van der Waals surface area contributed by atoms with Gasteiger partial charge in [-0.25, -0.2) is 0 Å². The van der Waals surface area contributed by atoms with Crippen LogP contribution in [0, 0.1) is 0 Å². The van der Waals surface area contributed by atoms with Gasteiger partial charge in [0.1, 0.15) is 5.69 Å². The van der Waals surface area contributed by atoms with Crippen molar-refractivity contribution < 1.29 is 4.52 Å². The highest BCUT2D eigenvalue weighted by molar-refractivity contribution is 6.32. The average molecular weight is 208 g/mol. The van der Waals surface area contributed by atoms with E-state index in [-0.39, 0.29) is 0 Å². The van der Waals surface area contributed by atoms with Crippen LogP contribution in [0.4, 0.5) is 0 Å². The molecular weight excluding hydrogens is 202 g/mol. The predicted octanol–water partition coefficient (Wildman–Crippen LogP) is 2.43. The Morgan fingerprint density at radius 1 is 1.50 bits per heavy atom. The highest BCUT2D eigenvalue weighted by atomic mass is 35.5. The smallest absolute Gasteiger partial charge is 0.250 e. The Kier molecular flexibility index (Phi) is 2.28. The van der Waals surface area contributed by atoms with Gasteiger partial charge >= 0.3 is 0 Å².